The molecule has 1 aliphatic rings. The molecular formula is C16H24N2O. The van der Waals surface area contributed by atoms with E-state index in [9.17, 15) is 4.79 Å². The number of carbonyl (C=O) groups excluding carboxylic acids is 1. The van der Waals surface area contributed by atoms with Crippen molar-refractivity contribution in [2.45, 2.75) is 45.2 Å². The maximum Gasteiger partial charge on any atom is 0.221 e. The first-order valence-electron chi connectivity index (χ1n) is 7.39. The molecule has 1 atom stereocenters. The molecule has 1 unspecified atom stereocenters. The predicted molar refractivity (Wildman–Crippen MR) is 77.7 cm³/mol. The highest BCUT2D eigenvalue weighted by Gasteiger charge is 2.23. The Morgan fingerprint density at radius 2 is 1.89 bits per heavy atom. The Balaban J connectivity index is 2.10. The van der Waals surface area contributed by atoms with E-state index in [-0.39, 0.29) is 12.1 Å². The van der Waals surface area contributed by atoms with E-state index in [4.69, 9.17) is 0 Å². The van der Waals surface area contributed by atoms with Crippen LogP contribution in [0.2, 0.25) is 0 Å². The van der Waals surface area contributed by atoms with Gasteiger partial charge >= 0.3 is 0 Å². The van der Waals surface area contributed by atoms with Gasteiger partial charge in [-0.1, -0.05) is 43.7 Å². The number of nitrogens with zero attached hydrogens (tertiary/aromatic N) is 1. The molecule has 2 rings (SSSR count). The molecule has 0 saturated carbocycles. The van der Waals surface area contributed by atoms with Gasteiger partial charge in [0.15, 0.2) is 0 Å². The summed E-state index contributed by atoms with van der Waals surface area (Å²) in [5, 5.41) is 3.19. The average molecular weight is 260 g/mol. The van der Waals surface area contributed by atoms with Crippen LogP contribution in [0.5, 0.6) is 0 Å². The van der Waals surface area contributed by atoms with Crippen LogP contribution in [0, 0.1) is 0 Å². The summed E-state index contributed by atoms with van der Waals surface area (Å²) in [5.74, 6) is 0.155. The summed E-state index contributed by atoms with van der Waals surface area (Å²) in [5.41, 5.74) is 1.19. The van der Waals surface area contributed by atoms with Crippen LogP contribution < -0.4 is 5.32 Å². The Bertz CT molecular complexity index is 385. The van der Waals surface area contributed by atoms with Gasteiger partial charge in [0.05, 0.1) is 0 Å². The second kappa shape index (κ2) is 7.29. The highest BCUT2D eigenvalue weighted by Crippen LogP contribution is 2.22. The maximum atomic E-state index is 11.9. The number of benzene rings is 1. The molecular weight excluding hydrogens is 236 g/mol. The SMILES string of the molecule is CCCC(=O)NC(c1ccccc1)N1CCCCC1. The normalized spacial score (nSPS) is 17.9. The molecule has 0 aromatic heterocycles. The van der Waals surface area contributed by atoms with Crippen molar-refractivity contribution in [3.8, 4) is 0 Å². The van der Waals surface area contributed by atoms with Crippen LogP contribution in [0.4, 0.5) is 0 Å². The third-order valence-corrected chi connectivity index (χ3v) is 3.65. The van der Waals surface area contributed by atoms with Crippen molar-refractivity contribution in [2.24, 2.45) is 0 Å². The molecule has 104 valence electrons. The molecule has 1 aromatic carbocycles. The van der Waals surface area contributed by atoms with E-state index in [1.54, 1.807) is 0 Å². The van der Waals surface area contributed by atoms with Gasteiger partial charge in [0.1, 0.15) is 6.17 Å². The standard InChI is InChI=1S/C16H24N2O/c1-2-9-15(19)17-16(14-10-5-3-6-11-14)18-12-7-4-8-13-18/h3,5-6,10-11,16H,2,4,7-9,12-13H2,1H3,(H,17,19). The van der Waals surface area contributed by atoms with E-state index in [2.05, 4.69) is 22.3 Å². The van der Waals surface area contributed by atoms with Gasteiger partial charge in [-0.3, -0.25) is 9.69 Å². The Kier molecular flexibility index (Phi) is 5.40. The molecule has 19 heavy (non-hydrogen) atoms. The Morgan fingerprint density at radius 1 is 1.21 bits per heavy atom. The lowest BCUT2D eigenvalue weighted by atomic mass is 10.1. The van der Waals surface area contributed by atoms with E-state index >= 15 is 0 Å². The molecule has 1 saturated heterocycles. The second-order valence-electron chi connectivity index (χ2n) is 5.23. The summed E-state index contributed by atoms with van der Waals surface area (Å²) in [6.07, 6.45) is 5.31. The minimum atomic E-state index is 0.0422. The van der Waals surface area contributed by atoms with E-state index in [0.717, 1.165) is 19.5 Å². The van der Waals surface area contributed by atoms with Gasteiger partial charge in [-0.2, -0.15) is 0 Å². The van der Waals surface area contributed by atoms with Crippen molar-refractivity contribution in [2.75, 3.05) is 13.1 Å². The van der Waals surface area contributed by atoms with E-state index < -0.39 is 0 Å². The minimum absolute atomic E-state index is 0.0422. The predicted octanol–water partition coefficient (Wildman–Crippen LogP) is 3.09. The number of hydrogen-bond donors (Lipinski definition) is 1. The molecule has 1 fully saturated rings. The molecule has 1 heterocycles. The lowest BCUT2D eigenvalue weighted by Gasteiger charge is -2.35. The summed E-state index contributed by atoms with van der Waals surface area (Å²) in [6, 6.07) is 10.3. The van der Waals surface area contributed by atoms with E-state index in [1.807, 2.05) is 25.1 Å². The van der Waals surface area contributed by atoms with Gasteiger partial charge in [0.25, 0.3) is 0 Å². The van der Waals surface area contributed by atoms with Gasteiger partial charge in [-0.05, 0) is 24.8 Å². The maximum absolute atomic E-state index is 11.9. The second-order valence-corrected chi connectivity index (χ2v) is 5.23. The summed E-state index contributed by atoms with van der Waals surface area (Å²) >= 11 is 0. The van der Waals surface area contributed by atoms with Gasteiger partial charge in [0, 0.05) is 19.5 Å². The van der Waals surface area contributed by atoms with Gasteiger partial charge in [-0.25, -0.2) is 0 Å². The first-order chi connectivity index (χ1) is 9.31. The molecule has 1 aliphatic heterocycles. The average Bonchev–Trinajstić information content (AvgIpc) is 2.47. The lowest BCUT2D eigenvalue weighted by Crippen LogP contribution is -2.43. The Labute approximate surface area is 116 Å². The number of likely N-dealkylation sites (tertiary alicyclic amines) is 1. The van der Waals surface area contributed by atoms with Crippen molar-refractivity contribution in [3.05, 3.63) is 35.9 Å². The molecule has 0 spiro atoms. The van der Waals surface area contributed by atoms with Crippen molar-refractivity contribution in [1.29, 1.82) is 0 Å². The zero-order valence-corrected chi connectivity index (χ0v) is 11.8. The molecule has 1 aromatic rings. The Morgan fingerprint density at radius 3 is 2.53 bits per heavy atom. The Hall–Kier alpha value is -1.35. The fourth-order valence-electron chi connectivity index (χ4n) is 2.65. The number of amides is 1. The fourth-order valence-corrected chi connectivity index (χ4v) is 2.65. The largest absolute Gasteiger partial charge is 0.336 e. The van der Waals surface area contributed by atoms with Gasteiger partial charge in [-0.15, -0.1) is 0 Å². The fraction of sp³-hybridized carbons (Fsp3) is 0.562. The zero-order valence-electron chi connectivity index (χ0n) is 11.8. The number of nitrogens with one attached hydrogen (secondary N) is 1. The molecule has 1 amide bonds. The first-order valence-corrected chi connectivity index (χ1v) is 7.39. The molecule has 0 radical (unpaired) electrons. The van der Waals surface area contributed by atoms with Crippen molar-refractivity contribution < 1.29 is 4.79 Å². The van der Waals surface area contributed by atoms with Crippen molar-refractivity contribution >= 4 is 5.91 Å². The van der Waals surface area contributed by atoms with E-state index in [1.165, 1.54) is 24.8 Å². The zero-order chi connectivity index (χ0) is 13.5. The third-order valence-electron chi connectivity index (χ3n) is 3.65. The van der Waals surface area contributed by atoms with Crippen LogP contribution >= 0.6 is 0 Å². The van der Waals surface area contributed by atoms with Crippen LogP contribution in [0.25, 0.3) is 0 Å². The number of rotatable bonds is 5. The number of piperidine rings is 1. The van der Waals surface area contributed by atoms with Crippen molar-refractivity contribution in [1.82, 2.24) is 10.2 Å². The molecule has 1 N–H and O–H groups in total. The number of carbonyl (C=O) groups is 1. The van der Waals surface area contributed by atoms with Crippen LogP contribution in [0.1, 0.15) is 50.8 Å². The first kappa shape index (κ1) is 14.1. The van der Waals surface area contributed by atoms with Crippen LogP contribution in [0.3, 0.4) is 0 Å². The summed E-state index contributed by atoms with van der Waals surface area (Å²) in [4.78, 5) is 14.3. The third kappa shape index (κ3) is 4.06. The summed E-state index contributed by atoms with van der Waals surface area (Å²) < 4.78 is 0. The molecule has 0 aliphatic carbocycles. The topological polar surface area (TPSA) is 32.3 Å². The van der Waals surface area contributed by atoms with E-state index in [0.29, 0.717) is 6.42 Å². The van der Waals surface area contributed by atoms with Gasteiger partial charge in [0.2, 0.25) is 5.91 Å². The van der Waals surface area contributed by atoms with Crippen molar-refractivity contribution in [3.63, 3.8) is 0 Å². The molecule has 3 nitrogen and oxygen atoms in total. The number of hydrogen-bond acceptors (Lipinski definition) is 2. The minimum Gasteiger partial charge on any atom is -0.336 e. The van der Waals surface area contributed by atoms with Crippen LogP contribution in [-0.4, -0.2) is 23.9 Å². The monoisotopic (exact) mass is 260 g/mol. The van der Waals surface area contributed by atoms with Crippen LogP contribution in [0.15, 0.2) is 30.3 Å². The van der Waals surface area contributed by atoms with Gasteiger partial charge < -0.3 is 5.32 Å². The molecule has 0 bridgehead atoms. The lowest BCUT2D eigenvalue weighted by molar-refractivity contribution is -0.123. The van der Waals surface area contributed by atoms with Crippen LogP contribution in [-0.2, 0) is 4.79 Å². The summed E-state index contributed by atoms with van der Waals surface area (Å²) in [6.45, 7) is 4.19. The summed E-state index contributed by atoms with van der Waals surface area (Å²) in [7, 11) is 0. The molecule has 3 heteroatoms. The highest BCUT2D eigenvalue weighted by molar-refractivity contribution is 5.76. The smallest absolute Gasteiger partial charge is 0.221 e. The quantitative estimate of drug-likeness (QED) is 0.882. The highest BCUT2D eigenvalue weighted by atomic mass is 16.1.